The van der Waals surface area contributed by atoms with Gasteiger partial charge in [-0.2, -0.15) is 0 Å². The molecular formula is C22H27FN2O4S. The number of amides is 1. The Hall–Kier alpha value is -2.45. The molecule has 1 aliphatic rings. The smallest absolute Gasteiger partial charge is 0.255 e. The van der Waals surface area contributed by atoms with E-state index < -0.39 is 26.6 Å². The number of anilines is 1. The maximum atomic E-state index is 14.4. The lowest BCUT2D eigenvalue weighted by Gasteiger charge is -2.29. The van der Waals surface area contributed by atoms with Crippen LogP contribution < -0.4 is 14.8 Å². The van der Waals surface area contributed by atoms with Crippen LogP contribution in [0.4, 0.5) is 10.1 Å². The fraction of sp³-hybridized carbons (Fsp3) is 0.409. The molecule has 0 aliphatic heterocycles. The van der Waals surface area contributed by atoms with E-state index in [1.165, 1.54) is 6.07 Å². The van der Waals surface area contributed by atoms with Crippen LogP contribution in [0.1, 0.15) is 49.9 Å². The molecule has 30 heavy (non-hydrogen) atoms. The fourth-order valence-corrected chi connectivity index (χ4v) is 5.09. The van der Waals surface area contributed by atoms with Gasteiger partial charge in [0.2, 0.25) is 10.0 Å². The predicted molar refractivity (Wildman–Crippen MR) is 114 cm³/mol. The quantitative estimate of drug-likeness (QED) is 0.679. The van der Waals surface area contributed by atoms with Gasteiger partial charge in [-0.3, -0.25) is 4.79 Å². The van der Waals surface area contributed by atoms with E-state index in [0.29, 0.717) is 18.0 Å². The number of nitrogens with one attached hydrogen (secondary N) is 2. The van der Waals surface area contributed by atoms with Crippen LogP contribution in [0.5, 0.6) is 5.75 Å². The Kier molecular flexibility index (Phi) is 7.10. The summed E-state index contributed by atoms with van der Waals surface area (Å²) in [5.74, 6) is -0.554. The van der Waals surface area contributed by atoms with Crippen LogP contribution in [-0.4, -0.2) is 27.0 Å². The number of benzene rings is 2. The molecule has 0 aromatic heterocycles. The van der Waals surface area contributed by atoms with E-state index in [4.69, 9.17) is 4.74 Å². The number of ether oxygens (including phenoxy) is 1. The lowest BCUT2D eigenvalue weighted by atomic mass is 9.87. The molecule has 1 amide bonds. The number of rotatable bonds is 7. The Bertz CT molecular complexity index is 993. The molecule has 8 heteroatoms. The van der Waals surface area contributed by atoms with Gasteiger partial charge in [0, 0.05) is 17.3 Å². The van der Waals surface area contributed by atoms with Gasteiger partial charge in [0.1, 0.15) is 16.5 Å². The number of hydrogen-bond donors (Lipinski definition) is 2. The summed E-state index contributed by atoms with van der Waals surface area (Å²) in [6, 6.07) is 9.91. The average molecular weight is 435 g/mol. The van der Waals surface area contributed by atoms with Gasteiger partial charge in [-0.15, -0.1) is 0 Å². The first-order valence-electron chi connectivity index (χ1n) is 10.2. The highest BCUT2D eigenvalue weighted by Crippen LogP contribution is 2.26. The summed E-state index contributed by atoms with van der Waals surface area (Å²) in [5, 5.41) is 2.68. The summed E-state index contributed by atoms with van der Waals surface area (Å²) in [4.78, 5) is 12.1. The fourth-order valence-electron chi connectivity index (χ4n) is 3.61. The van der Waals surface area contributed by atoms with Crippen molar-refractivity contribution >= 4 is 21.6 Å². The topological polar surface area (TPSA) is 84.5 Å². The number of halogens is 1. The Morgan fingerprint density at radius 3 is 2.50 bits per heavy atom. The van der Waals surface area contributed by atoms with Crippen molar-refractivity contribution in [2.45, 2.75) is 50.5 Å². The molecule has 1 fully saturated rings. The SMILES string of the molecule is CCOc1ccc(NC(=O)c2ccc(F)c(S(=O)(=O)N[C@@H]3CCCC[C@H]3C)c2)cc1. The van der Waals surface area contributed by atoms with Gasteiger partial charge in [0.05, 0.1) is 6.61 Å². The summed E-state index contributed by atoms with van der Waals surface area (Å²) >= 11 is 0. The zero-order valence-electron chi connectivity index (χ0n) is 17.2. The Labute approximate surface area is 176 Å². The molecule has 0 radical (unpaired) electrons. The van der Waals surface area contributed by atoms with Crippen molar-refractivity contribution < 1.29 is 22.3 Å². The lowest BCUT2D eigenvalue weighted by Crippen LogP contribution is -2.41. The van der Waals surface area contributed by atoms with E-state index in [-0.39, 0.29) is 17.5 Å². The minimum absolute atomic E-state index is 0.0577. The Morgan fingerprint density at radius 2 is 1.83 bits per heavy atom. The van der Waals surface area contributed by atoms with Gasteiger partial charge < -0.3 is 10.1 Å². The van der Waals surface area contributed by atoms with Crippen LogP contribution in [0, 0.1) is 11.7 Å². The molecule has 0 saturated heterocycles. The van der Waals surface area contributed by atoms with Crippen molar-refractivity contribution in [3.05, 3.63) is 53.8 Å². The van der Waals surface area contributed by atoms with Gasteiger partial charge in [-0.1, -0.05) is 19.8 Å². The van der Waals surface area contributed by atoms with E-state index in [0.717, 1.165) is 37.8 Å². The molecule has 0 unspecified atom stereocenters. The first-order chi connectivity index (χ1) is 14.3. The highest BCUT2D eigenvalue weighted by Gasteiger charge is 2.29. The van der Waals surface area contributed by atoms with Crippen LogP contribution in [0.15, 0.2) is 47.4 Å². The zero-order valence-corrected chi connectivity index (χ0v) is 18.0. The van der Waals surface area contributed by atoms with Gasteiger partial charge in [-0.25, -0.2) is 17.5 Å². The summed E-state index contributed by atoms with van der Waals surface area (Å²) in [6.07, 6.45) is 3.65. The third kappa shape index (κ3) is 5.37. The molecule has 0 bridgehead atoms. The highest BCUT2D eigenvalue weighted by molar-refractivity contribution is 7.89. The number of carbonyl (C=O) groups excluding carboxylic acids is 1. The Morgan fingerprint density at radius 1 is 1.13 bits per heavy atom. The van der Waals surface area contributed by atoms with Gasteiger partial charge in [0.15, 0.2) is 0 Å². The monoisotopic (exact) mass is 434 g/mol. The second-order valence-corrected chi connectivity index (χ2v) is 9.23. The van der Waals surface area contributed by atoms with Gasteiger partial charge in [0.25, 0.3) is 5.91 Å². The normalized spacial score (nSPS) is 19.3. The second kappa shape index (κ2) is 9.57. The molecule has 0 heterocycles. The highest BCUT2D eigenvalue weighted by atomic mass is 32.2. The molecular weight excluding hydrogens is 407 g/mol. The van der Waals surface area contributed by atoms with Gasteiger partial charge in [-0.05, 0) is 68.1 Å². The summed E-state index contributed by atoms with van der Waals surface area (Å²) in [5.41, 5.74) is 0.577. The van der Waals surface area contributed by atoms with Crippen molar-refractivity contribution in [3.8, 4) is 5.75 Å². The van der Waals surface area contributed by atoms with Crippen molar-refractivity contribution in [1.82, 2.24) is 4.72 Å². The molecule has 2 atom stereocenters. The predicted octanol–water partition coefficient (Wildman–Crippen LogP) is 4.33. The third-order valence-electron chi connectivity index (χ3n) is 5.32. The molecule has 162 valence electrons. The molecule has 6 nitrogen and oxygen atoms in total. The zero-order chi connectivity index (χ0) is 21.7. The molecule has 1 aliphatic carbocycles. The Balaban J connectivity index is 1.77. The van der Waals surface area contributed by atoms with Crippen molar-refractivity contribution in [2.24, 2.45) is 5.92 Å². The van der Waals surface area contributed by atoms with Crippen molar-refractivity contribution in [3.63, 3.8) is 0 Å². The minimum atomic E-state index is -4.09. The molecule has 2 N–H and O–H groups in total. The van der Waals surface area contributed by atoms with Crippen LogP contribution in [0.2, 0.25) is 0 Å². The van der Waals surface area contributed by atoms with Crippen LogP contribution in [0.25, 0.3) is 0 Å². The van der Waals surface area contributed by atoms with E-state index in [2.05, 4.69) is 10.0 Å². The summed E-state index contributed by atoms with van der Waals surface area (Å²) in [6.45, 7) is 4.40. The standard InChI is InChI=1S/C22H27FN2O4S/c1-3-29-18-11-9-17(10-12-18)24-22(26)16-8-13-19(23)21(14-16)30(27,28)25-20-7-5-4-6-15(20)2/h8-15,20,25H,3-7H2,1-2H3,(H,24,26)/t15-,20-/m1/s1. The molecule has 2 aromatic carbocycles. The lowest BCUT2D eigenvalue weighted by molar-refractivity contribution is 0.102. The third-order valence-corrected chi connectivity index (χ3v) is 6.83. The van der Waals surface area contributed by atoms with E-state index in [9.17, 15) is 17.6 Å². The van der Waals surface area contributed by atoms with Crippen molar-refractivity contribution in [1.29, 1.82) is 0 Å². The second-order valence-electron chi connectivity index (χ2n) is 7.55. The molecule has 0 spiro atoms. The molecule has 1 saturated carbocycles. The van der Waals surface area contributed by atoms with Crippen LogP contribution in [-0.2, 0) is 10.0 Å². The molecule has 3 rings (SSSR count). The van der Waals surface area contributed by atoms with Crippen LogP contribution in [0.3, 0.4) is 0 Å². The first kappa shape index (κ1) is 22.2. The van der Waals surface area contributed by atoms with Crippen LogP contribution >= 0.6 is 0 Å². The maximum absolute atomic E-state index is 14.4. The number of sulfonamides is 1. The van der Waals surface area contributed by atoms with Gasteiger partial charge >= 0.3 is 0 Å². The minimum Gasteiger partial charge on any atom is -0.494 e. The number of hydrogen-bond acceptors (Lipinski definition) is 4. The molecule has 2 aromatic rings. The average Bonchev–Trinajstić information content (AvgIpc) is 2.71. The van der Waals surface area contributed by atoms with E-state index in [1.807, 2.05) is 13.8 Å². The maximum Gasteiger partial charge on any atom is 0.255 e. The summed E-state index contributed by atoms with van der Waals surface area (Å²) in [7, 11) is -4.09. The summed E-state index contributed by atoms with van der Waals surface area (Å²) < 4.78 is 47.9. The van der Waals surface area contributed by atoms with E-state index in [1.54, 1.807) is 24.3 Å². The first-order valence-corrected chi connectivity index (χ1v) is 11.6. The van der Waals surface area contributed by atoms with E-state index >= 15 is 0 Å². The number of carbonyl (C=O) groups is 1. The largest absolute Gasteiger partial charge is 0.494 e. The van der Waals surface area contributed by atoms with Crippen molar-refractivity contribution in [2.75, 3.05) is 11.9 Å².